The lowest BCUT2D eigenvalue weighted by Gasteiger charge is -2.33. The molecule has 0 aliphatic heterocycles. The van der Waals surface area contributed by atoms with Crippen molar-refractivity contribution in [3.63, 3.8) is 0 Å². The Morgan fingerprint density at radius 3 is 2.00 bits per heavy atom. The highest BCUT2D eigenvalue weighted by Crippen LogP contribution is 2.31. The number of hydrogen-bond donors (Lipinski definition) is 3. The maximum Gasteiger partial charge on any atom is 0.245 e. The number of pyridine rings is 1. The predicted molar refractivity (Wildman–Crippen MR) is 157 cm³/mol. The molecule has 39 heavy (non-hydrogen) atoms. The molecule has 4 N–H and O–H groups in total. The van der Waals surface area contributed by atoms with Crippen molar-refractivity contribution in [2.75, 3.05) is 18.6 Å². The van der Waals surface area contributed by atoms with Crippen molar-refractivity contribution in [1.82, 2.24) is 14.3 Å². The number of halogens is 1. The summed E-state index contributed by atoms with van der Waals surface area (Å²) in [5.74, 6) is 0.178. The van der Waals surface area contributed by atoms with Crippen molar-refractivity contribution < 1.29 is 13.5 Å². The summed E-state index contributed by atoms with van der Waals surface area (Å²) in [5.41, 5.74) is 11.9. The van der Waals surface area contributed by atoms with Crippen molar-refractivity contribution in [2.24, 2.45) is 5.73 Å². The first kappa shape index (κ1) is 28.5. The molecule has 0 unspecified atom stereocenters. The Kier molecular flexibility index (Phi) is 9.50. The molecule has 0 spiro atoms. The van der Waals surface area contributed by atoms with Gasteiger partial charge in [0.25, 0.3) is 0 Å². The van der Waals surface area contributed by atoms with Gasteiger partial charge in [-0.05, 0) is 35.0 Å². The molecule has 1 heterocycles. The molecule has 3 aromatic carbocycles. The topological polar surface area (TPSA) is 112 Å². The van der Waals surface area contributed by atoms with Crippen molar-refractivity contribution in [1.29, 1.82) is 0 Å². The van der Waals surface area contributed by atoms with Crippen LogP contribution in [0.25, 0.3) is 0 Å². The number of aliphatic hydroxyl groups is 1. The molecule has 0 atom stereocenters. The number of benzene rings is 3. The fourth-order valence-corrected chi connectivity index (χ4v) is 5.91. The highest BCUT2D eigenvalue weighted by atomic mass is 35.5. The first-order valence-electron chi connectivity index (χ1n) is 12.1. The fraction of sp³-hybridized carbons (Fsp3) is 0.143. The standard InChI is InChI=1S/C28H28ClN5O3S2/c29-25-18-24(39(36,37)33(16-17-35)20-21-10-4-1-5-11-21)19-31-27(25)32-34(28(30)38)26(22-12-6-2-7-13-22)23-14-8-3-9-15-23/h1-15,18-19,26,35H,16-17,20H2,(H2,30,38)(H,31,32). The molecule has 0 bridgehead atoms. The largest absolute Gasteiger partial charge is 0.395 e. The van der Waals surface area contributed by atoms with E-state index in [1.54, 1.807) is 5.01 Å². The lowest BCUT2D eigenvalue weighted by molar-refractivity contribution is 0.251. The normalized spacial score (nSPS) is 11.5. The van der Waals surface area contributed by atoms with Gasteiger partial charge in [0.15, 0.2) is 10.9 Å². The molecular formula is C28H28ClN5O3S2. The van der Waals surface area contributed by atoms with Crippen LogP contribution in [-0.4, -0.2) is 46.1 Å². The van der Waals surface area contributed by atoms with Crippen molar-refractivity contribution in [3.8, 4) is 0 Å². The number of sulfonamides is 1. The number of anilines is 1. The third-order valence-electron chi connectivity index (χ3n) is 5.96. The summed E-state index contributed by atoms with van der Waals surface area (Å²) in [7, 11) is -4.01. The Labute approximate surface area is 238 Å². The Morgan fingerprint density at radius 2 is 1.51 bits per heavy atom. The molecule has 0 aliphatic rings. The number of aliphatic hydroxyl groups excluding tert-OH is 1. The average Bonchev–Trinajstić information content (AvgIpc) is 2.95. The minimum Gasteiger partial charge on any atom is -0.395 e. The van der Waals surface area contributed by atoms with E-state index in [1.807, 2.05) is 91.0 Å². The van der Waals surface area contributed by atoms with Crippen LogP contribution < -0.4 is 11.2 Å². The van der Waals surface area contributed by atoms with E-state index in [9.17, 15) is 13.5 Å². The summed E-state index contributed by atoms with van der Waals surface area (Å²) < 4.78 is 28.1. The number of hydrazine groups is 1. The molecule has 0 fully saturated rings. The summed E-state index contributed by atoms with van der Waals surface area (Å²) in [4.78, 5) is 4.21. The molecule has 0 amide bonds. The SMILES string of the molecule is NC(=S)N(Nc1ncc(S(=O)(=O)N(CCO)Cc2ccccc2)cc1Cl)C(c1ccccc1)c1ccccc1. The number of hydrogen-bond acceptors (Lipinski definition) is 6. The van der Waals surface area contributed by atoms with Crippen LogP contribution in [0.3, 0.4) is 0 Å². The highest BCUT2D eigenvalue weighted by molar-refractivity contribution is 7.89. The molecule has 0 radical (unpaired) electrons. The van der Waals surface area contributed by atoms with E-state index in [1.165, 1.54) is 16.6 Å². The molecule has 0 aliphatic carbocycles. The highest BCUT2D eigenvalue weighted by Gasteiger charge is 2.28. The van der Waals surface area contributed by atoms with Crippen LogP contribution in [0.5, 0.6) is 0 Å². The van der Waals surface area contributed by atoms with E-state index in [2.05, 4.69) is 10.4 Å². The van der Waals surface area contributed by atoms with E-state index in [-0.39, 0.29) is 40.5 Å². The molecule has 4 rings (SSSR count). The number of thiocarbonyl (C=S) groups is 1. The minimum absolute atomic E-state index is 0.0410. The summed E-state index contributed by atoms with van der Waals surface area (Å²) in [6, 6.07) is 29.4. The van der Waals surface area contributed by atoms with E-state index < -0.39 is 16.1 Å². The Hall–Kier alpha value is -3.54. The summed E-state index contributed by atoms with van der Waals surface area (Å²) in [6.45, 7) is -0.331. The minimum atomic E-state index is -4.01. The van der Waals surface area contributed by atoms with Gasteiger partial charge in [-0.1, -0.05) is 103 Å². The molecule has 1 aromatic heterocycles. The van der Waals surface area contributed by atoms with Crippen molar-refractivity contribution in [2.45, 2.75) is 17.5 Å². The molecule has 202 valence electrons. The molecule has 8 nitrogen and oxygen atoms in total. The smallest absolute Gasteiger partial charge is 0.245 e. The molecular weight excluding hydrogens is 554 g/mol. The van der Waals surface area contributed by atoms with Gasteiger partial charge in [-0.25, -0.2) is 18.4 Å². The van der Waals surface area contributed by atoms with Gasteiger partial charge in [-0.3, -0.25) is 5.43 Å². The molecule has 4 aromatic rings. The van der Waals surface area contributed by atoms with Crippen LogP contribution in [0.4, 0.5) is 5.82 Å². The lowest BCUT2D eigenvalue weighted by atomic mass is 9.98. The van der Waals surface area contributed by atoms with Gasteiger partial charge in [0, 0.05) is 19.3 Å². The van der Waals surface area contributed by atoms with E-state index >= 15 is 0 Å². The zero-order chi connectivity index (χ0) is 27.8. The van der Waals surface area contributed by atoms with Crippen LogP contribution in [0, 0.1) is 0 Å². The third-order valence-corrected chi connectivity index (χ3v) is 8.25. The fourth-order valence-electron chi connectivity index (χ4n) is 4.10. The summed E-state index contributed by atoms with van der Waals surface area (Å²) in [6.07, 6.45) is 1.22. The van der Waals surface area contributed by atoms with Crippen LogP contribution in [-0.2, 0) is 16.6 Å². The zero-order valence-electron chi connectivity index (χ0n) is 20.9. The van der Waals surface area contributed by atoms with Crippen molar-refractivity contribution in [3.05, 3.63) is 125 Å². The van der Waals surface area contributed by atoms with Gasteiger partial charge < -0.3 is 10.8 Å². The van der Waals surface area contributed by atoms with Gasteiger partial charge in [0.2, 0.25) is 10.0 Å². The third kappa shape index (κ3) is 6.92. The van der Waals surface area contributed by atoms with Crippen LogP contribution in [0.2, 0.25) is 5.02 Å². The van der Waals surface area contributed by atoms with Crippen molar-refractivity contribution >= 4 is 44.8 Å². The van der Waals surface area contributed by atoms with E-state index in [4.69, 9.17) is 29.6 Å². The first-order chi connectivity index (χ1) is 18.8. The maximum atomic E-state index is 13.4. The Bertz CT molecular complexity index is 1450. The second kappa shape index (κ2) is 13.0. The Morgan fingerprint density at radius 1 is 0.974 bits per heavy atom. The van der Waals surface area contributed by atoms with Gasteiger partial charge in [-0.15, -0.1) is 0 Å². The van der Waals surface area contributed by atoms with Crippen LogP contribution >= 0.6 is 23.8 Å². The summed E-state index contributed by atoms with van der Waals surface area (Å²) >= 11 is 11.9. The van der Waals surface area contributed by atoms with Crippen LogP contribution in [0.1, 0.15) is 22.7 Å². The maximum absolute atomic E-state index is 13.4. The second-order valence-electron chi connectivity index (χ2n) is 8.59. The number of aromatic nitrogens is 1. The zero-order valence-corrected chi connectivity index (χ0v) is 23.3. The molecule has 0 saturated heterocycles. The number of nitrogens with two attached hydrogens (primary N) is 1. The van der Waals surface area contributed by atoms with Gasteiger partial charge in [0.05, 0.1) is 11.6 Å². The van der Waals surface area contributed by atoms with E-state index in [0.717, 1.165) is 16.7 Å². The lowest BCUT2D eigenvalue weighted by Crippen LogP contribution is -2.43. The predicted octanol–water partition coefficient (Wildman–Crippen LogP) is 4.58. The second-order valence-corrected chi connectivity index (χ2v) is 11.4. The number of nitrogens with one attached hydrogen (secondary N) is 1. The van der Waals surface area contributed by atoms with Gasteiger partial charge >= 0.3 is 0 Å². The average molecular weight is 582 g/mol. The van der Waals surface area contributed by atoms with E-state index in [0.29, 0.717) is 0 Å². The molecule has 11 heteroatoms. The number of nitrogens with zero attached hydrogens (tertiary/aromatic N) is 3. The van der Waals surface area contributed by atoms with Gasteiger partial charge in [-0.2, -0.15) is 4.31 Å². The summed E-state index contributed by atoms with van der Waals surface area (Å²) in [5, 5.41) is 11.2. The Balaban J connectivity index is 1.65. The quantitative estimate of drug-likeness (QED) is 0.174. The first-order valence-corrected chi connectivity index (χ1v) is 14.3. The monoisotopic (exact) mass is 581 g/mol. The van der Waals surface area contributed by atoms with Gasteiger partial charge in [0.1, 0.15) is 10.9 Å². The number of rotatable bonds is 11. The van der Waals surface area contributed by atoms with Crippen LogP contribution in [0.15, 0.2) is 108 Å². The molecule has 0 saturated carbocycles.